The lowest BCUT2D eigenvalue weighted by molar-refractivity contribution is -0.121. The number of nitrogens with zero attached hydrogens (tertiary/aromatic N) is 2. The molecule has 8 heteroatoms. The van der Waals surface area contributed by atoms with Crippen molar-refractivity contribution in [2.24, 2.45) is 10.7 Å². The first-order valence-corrected chi connectivity index (χ1v) is 9.20. The maximum Gasteiger partial charge on any atom is 0.227 e. The standard InChI is InChI=1S/C21H23F2N3O3/c1-12(26(2)7-8-29-15-5-6-17(22)18(23)11-15)25-14-4-3-13-9-19(27)20(21(24)28)16(13)10-14/h3-6,10-11,19-20,27H,7-9H2,1-2H3,(H2,24,28). The molecule has 1 amide bonds. The number of aliphatic hydroxyl groups is 1. The Balaban J connectivity index is 1.63. The zero-order valence-corrected chi connectivity index (χ0v) is 16.2. The molecule has 29 heavy (non-hydrogen) atoms. The molecule has 154 valence electrons. The summed E-state index contributed by atoms with van der Waals surface area (Å²) in [5.41, 5.74) is 7.68. The number of carbonyl (C=O) groups excluding carboxylic acids is 1. The van der Waals surface area contributed by atoms with Crippen LogP contribution in [0.1, 0.15) is 24.0 Å². The van der Waals surface area contributed by atoms with Gasteiger partial charge in [0, 0.05) is 13.1 Å². The number of rotatable bonds is 6. The fourth-order valence-corrected chi connectivity index (χ4v) is 3.32. The highest BCUT2D eigenvalue weighted by molar-refractivity contribution is 5.85. The first-order chi connectivity index (χ1) is 13.8. The van der Waals surface area contributed by atoms with Gasteiger partial charge in [0.2, 0.25) is 5.91 Å². The predicted molar refractivity (Wildman–Crippen MR) is 105 cm³/mol. The van der Waals surface area contributed by atoms with E-state index in [1.807, 2.05) is 31.0 Å². The van der Waals surface area contributed by atoms with Crippen molar-refractivity contribution < 1.29 is 23.4 Å². The minimum absolute atomic E-state index is 0.251. The number of primary amides is 1. The molecule has 3 rings (SSSR count). The molecule has 0 saturated carbocycles. The molecule has 3 N–H and O–H groups in total. The molecule has 0 saturated heterocycles. The quantitative estimate of drug-likeness (QED) is 0.573. The molecule has 2 unspecified atom stereocenters. The van der Waals surface area contributed by atoms with E-state index in [2.05, 4.69) is 4.99 Å². The number of halogens is 2. The summed E-state index contributed by atoms with van der Waals surface area (Å²) in [5.74, 6) is -2.19. The molecule has 0 fully saturated rings. The van der Waals surface area contributed by atoms with Gasteiger partial charge in [-0.05, 0) is 48.7 Å². The normalized spacial score (nSPS) is 18.4. The largest absolute Gasteiger partial charge is 0.492 e. The summed E-state index contributed by atoms with van der Waals surface area (Å²) in [7, 11) is 1.83. The molecule has 0 radical (unpaired) electrons. The van der Waals surface area contributed by atoms with Crippen LogP contribution in [-0.2, 0) is 11.2 Å². The summed E-state index contributed by atoms with van der Waals surface area (Å²) in [6.07, 6.45) is -0.411. The number of carbonyl (C=O) groups is 1. The van der Waals surface area contributed by atoms with Crippen LogP contribution in [0, 0.1) is 11.6 Å². The summed E-state index contributed by atoms with van der Waals surface area (Å²) < 4.78 is 31.6. The molecule has 1 aliphatic rings. The molecule has 2 aromatic rings. The van der Waals surface area contributed by atoms with Gasteiger partial charge in [-0.3, -0.25) is 4.79 Å². The Morgan fingerprint density at radius 3 is 2.72 bits per heavy atom. The van der Waals surface area contributed by atoms with Gasteiger partial charge in [-0.1, -0.05) is 6.07 Å². The number of benzene rings is 2. The third-order valence-electron chi connectivity index (χ3n) is 5.01. The van der Waals surface area contributed by atoms with Crippen LogP contribution in [-0.4, -0.2) is 48.1 Å². The van der Waals surface area contributed by atoms with Crippen molar-refractivity contribution in [3.05, 3.63) is 59.2 Å². The molecule has 0 aromatic heterocycles. The average molecular weight is 403 g/mol. The van der Waals surface area contributed by atoms with Crippen LogP contribution in [0.5, 0.6) is 5.75 Å². The van der Waals surface area contributed by atoms with E-state index in [0.29, 0.717) is 30.1 Å². The van der Waals surface area contributed by atoms with Crippen LogP contribution in [0.15, 0.2) is 41.4 Å². The average Bonchev–Trinajstić information content (AvgIpc) is 2.99. The zero-order valence-electron chi connectivity index (χ0n) is 16.2. The van der Waals surface area contributed by atoms with Gasteiger partial charge in [0.25, 0.3) is 0 Å². The molecule has 1 aliphatic carbocycles. The van der Waals surface area contributed by atoms with E-state index in [0.717, 1.165) is 17.7 Å². The number of nitrogens with two attached hydrogens (primary N) is 1. The van der Waals surface area contributed by atoms with Crippen molar-refractivity contribution in [3.8, 4) is 5.75 Å². The number of hydrogen-bond acceptors (Lipinski definition) is 4. The summed E-state index contributed by atoms with van der Waals surface area (Å²) in [5, 5.41) is 10.1. The van der Waals surface area contributed by atoms with Crippen LogP contribution in [0.3, 0.4) is 0 Å². The number of ether oxygens (including phenoxy) is 1. The minimum atomic E-state index is -0.954. The highest BCUT2D eigenvalue weighted by atomic mass is 19.2. The molecule has 2 aromatic carbocycles. The van der Waals surface area contributed by atoms with Crippen molar-refractivity contribution in [1.82, 2.24) is 4.90 Å². The monoisotopic (exact) mass is 403 g/mol. The smallest absolute Gasteiger partial charge is 0.227 e. The van der Waals surface area contributed by atoms with Gasteiger partial charge < -0.3 is 20.5 Å². The van der Waals surface area contributed by atoms with E-state index >= 15 is 0 Å². The Bertz CT molecular complexity index is 949. The van der Waals surface area contributed by atoms with Crippen molar-refractivity contribution in [2.45, 2.75) is 25.4 Å². The Morgan fingerprint density at radius 2 is 2.03 bits per heavy atom. The van der Waals surface area contributed by atoms with Crippen LogP contribution in [0.2, 0.25) is 0 Å². The van der Waals surface area contributed by atoms with Crippen LogP contribution < -0.4 is 10.5 Å². The van der Waals surface area contributed by atoms with E-state index in [9.17, 15) is 18.7 Å². The van der Waals surface area contributed by atoms with Gasteiger partial charge in [-0.25, -0.2) is 13.8 Å². The van der Waals surface area contributed by atoms with Crippen molar-refractivity contribution in [1.29, 1.82) is 0 Å². The van der Waals surface area contributed by atoms with E-state index in [-0.39, 0.29) is 12.4 Å². The molecule has 0 bridgehead atoms. The van der Waals surface area contributed by atoms with Crippen LogP contribution >= 0.6 is 0 Å². The van der Waals surface area contributed by atoms with Crippen molar-refractivity contribution in [2.75, 3.05) is 20.2 Å². The first kappa shape index (κ1) is 20.7. The topological polar surface area (TPSA) is 88.1 Å². The molecule has 0 spiro atoms. The lowest BCUT2D eigenvalue weighted by atomic mass is 9.99. The Hall–Kier alpha value is -3.00. The minimum Gasteiger partial charge on any atom is -0.492 e. The number of likely N-dealkylation sites (N-methyl/N-ethyl adjacent to an activating group) is 1. The SMILES string of the molecule is CC(=Nc1ccc2c(c1)C(C(N)=O)C(O)C2)N(C)CCOc1ccc(F)c(F)c1. The second-order valence-electron chi connectivity index (χ2n) is 7.04. The van der Waals surface area contributed by atoms with Crippen LogP contribution in [0.4, 0.5) is 14.5 Å². The fourth-order valence-electron chi connectivity index (χ4n) is 3.32. The molecule has 0 heterocycles. The van der Waals surface area contributed by atoms with Gasteiger partial charge in [-0.2, -0.15) is 0 Å². The van der Waals surface area contributed by atoms with E-state index in [1.54, 1.807) is 6.07 Å². The Labute approximate surface area is 167 Å². The van der Waals surface area contributed by atoms with Crippen molar-refractivity contribution >= 4 is 17.4 Å². The van der Waals surface area contributed by atoms with Gasteiger partial charge in [0.15, 0.2) is 11.6 Å². The van der Waals surface area contributed by atoms with Crippen molar-refractivity contribution in [3.63, 3.8) is 0 Å². The molecular weight excluding hydrogens is 380 g/mol. The number of hydrogen-bond donors (Lipinski definition) is 2. The third kappa shape index (κ3) is 4.71. The zero-order chi connectivity index (χ0) is 21.1. The lowest BCUT2D eigenvalue weighted by Crippen LogP contribution is -2.29. The molecule has 2 atom stereocenters. The predicted octanol–water partition coefficient (Wildman–Crippen LogP) is 2.51. The Kier molecular flexibility index (Phi) is 6.12. The summed E-state index contributed by atoms with van der Waals surface area (Å²) in [6, 6.07) is 8.84. The molecular formula is C21H23F2N3O3. The highest BCUT2D eigenvalue weighted by Crippen LogP contribution is 2.35. The number of fused-ring (bicyclic) bond motifs is 1. The maximum absolute atomic E-state index is 13.2. The summed E-state index contributed by atoms with van der Waals surface area (Å²) in [4.78, 5) is 18.1. The van der Waals surface area contributed by atoms with Gasteiger partial charge >= 0.3 is 0 Å². The maximum atomic E-state index is 13.2. The number of aliphatic imine (C=N–C) groups is 1. The van der Waals surface area contributed by atoms with E-state index < -0.39 is 29.6 Å². The second kappa shape index (κ2) is 8.57. The van der Waals surface area contributed by atoms with E-state index in [1.165, 1.54) is 6.07 Å². The third-order valence-corrected chi connectivity index (χ3v) is 5.01. The molecule has 0 aliphatic heterocycles. The fraction of sp³-hybridized carbons (Fsp3) is 0.333. The summed E-state index contributed by atoms with van der Waals surface area (Å²) in [6.45, 7) is 2.56. The van der Waals surface area contributed by atoms with Gasteiger partial charge in [-0.15, -0.1) is 0 Å². The highest BCUT2D eigenvalue weighted by Gasteiger charge is 2.35. The number of amidine groups is 1. The van der Waals surface area contributed by atoms with E-state index in [4.69, 9.17) is 10.5 Å². The van der Waals surface area contributed by atoms with Gasteiger partial charge in [0.05, 0.1) is 24.3 Å². The Morgan fingerprint density at radius 1 is 1.28 bits per heavy atom. The summed E-state index contributed by atoms with van der Waals surface area (Å²) >= 11 is 0. The lowest BCUT2D eigenvalue weighted by Gasteiger charge is -2.19. The first-order valence-electron chi connectivity index (χ1n) is 9.20. The van der Waals surface area contributed by atoms with Crippen LogP contribution in [0.25, 0.3) is 0 Å². The van der Waals surface area contributed by atoms with Gasteiger partial charge in [0.1, 0.15) is 18.2 Å². The molecule has 6 nitrogen and oxygen atoms in total. The number of aliphatic hydroxyl groups excluding tert-OH is 1. The number of amides is 1. The second-order valence-corrected chi connectivity index (χ2v) is 7.04.